The first-order chi connectivity index (χ1) is 3.29. The third kappa shape index (κ3) is 0.774. The third-order valence-corrected chi connectivity index (χ3v) is 1.05. The second-order valence-electron chi connectivity index (χ2n) is 0.986. The molecule has 1 aromatic heterocycles. The summed E-state index contributed by atoms with van der Waals surface area (Å²) in [6.07, 6.45) is 1.05. The molecular formula is C2H3N2O2S+. The number of nitrogens with one attached hydrogen (secondary N) is 1. The van der Waals surface area contributed by atoms with Gasteiger partial charge in [-0.1, -0.05) is 4.49 Å². The minimum absolute atomic E-state index is 0.192. The Morgan fingerprint density at radius 3 is 2.86 bits per heavy atom. The minimum Gasteiger partial charge on any atom is -0.269 e. The Balaban J connectivity index is 3.30. The maximum absolute atomic E-state index is 10.1. The highest BCUT2D eigenvalue weighted by Crippen LogP contribution is 1.63. The summed E-state index contributed by atoms with van der Waals surface area (Å²) in [7, 11) is 0. The number of hydrogen-bond acceptors (Lipinski definition) is 3. The van der Waals surface area contributed by atoms with E-state index in [1.807, 2.05) is 0 Å². The normalized spacial score (nSPS) is 9.14. The molecular weight excluding hydrogens is 116 g/mol. The minimum atomic E-state index is -0.192. The lowest BCUT2D eigenvalue weighted by atomic mass is 11.0. The van der Waals surface area contributed by atoms with Gasteiger partial charge in [-0.15, -0.1) is 0 Å². The Labute approximate surface area is 42.7 Å². The zero-order chi connectivity index (χ0) is 5.28. The molecule has 0 saturated heterocycles. The average Bonchev–Trinajstić information content (AvgIpc) is 1.87. The molecule has 2 N–H and O–H groups in total. The number of aromatic amines is 1. The second kappa shape index (κ2) is 1.34. The molecule has 1 aromatic rings. The quantitative estimate of drug-likeness (QED) is 0.338. The number of nitrogens with zero attached hydrogens (tertiary/aromatic N) is 1. The molecule has 0 saturated carbocycles. The summed E-state index contributed by atoms with van der Waals surface area (Å²) in [5.41, 5.74) is 0. The summed E-state index contributed by atoms with van der Waals surface area (Å²) in [6.45, 7) is 0. The smallest absolute Gasteiger partial charge is 0.269 e. The molecule has 5 heteroatoms. The molecule has 0 amide bonds. The van der Waals surface area contributed by atoms with E-state index in [0.29, 0.717) is 4.85 Å². The average molecular weight is 119 g/mol. The Morgan fingerprint density at radius 2 is 2.71 bits per heavy atom. The van der Waals surface area contributed by atoms with Crippen molar-refractivity contribution in [3.63, 3.8) is 0 Å². The zero-order valence-corrected chi connectivity index (χ0v) is 4.10. The standard InChI is InChI=1S/C2H2N2O2S/c5-2-1-4(6)3-7-2/h1H,(H-,3,5,6)/p+1. The number of aromatic nitrogens is 2. The summed E-state index contributed by atoms with van der Waals surface area (Å²) < 4.78 is 2.08. The largest absolute Gasteiger partial charge is 0.324 e. The first-order valence-electron chi connectivity index (χ1n) is 1.58. The van der Waals surface area contributed by atoms with Crippen molar-refractivity contribution in [3.8, 4) is 0 Å². The van der Waals surface area contributed by atoms with Gasteiger partial charge in [-0.3, -0.25) is 10.0 Å². The molecule has 0 aliphatic rings. The summed E-state index contributed by atoms with van der Waals surface area (Å²) in [6, 6.07) is 0. The van der Waals surface area contributed by atoms with Gasteiger partial charge in [0.15, 0.2) is 0 Å². The fourth-order valence-corrected chi connectivity index (χ4v) is 0.633. The maximum Gasteiger partial charge on any atom is 0.324 e. The third-order valence-electron chi connectivity index (χ3n) is 0.467. The van der Waals surface area contributed by atoms with Gasteiger partial charge in [0.2, 0.25) is 0 Å². The fourth-order valence-electron chi connectivity index (χ4n) is 0.244. The van der Waals surface area contributed by atoms with E-state index >= 15 is 0 Å². The van der Waals surface area contributed by atoms with Crippen molar-refractivity contribution in [1.29, 1.82) is 0 Å². The number of hydrogen-bond donors (Lipinski definition) is 2. The summed E-state index contributed by atoms with van der Waals surface area (Å²) >= 11 is 0.837. The Morgan fingerprint density at radius 1 is 2.00 bits per heavy atom. The topological polar surface area (TPSA) is 57.0 Å². The first kappa shape index (κ1) is 4.32. The molecule has 0 atom stereocenters. The summed E-state index contributed by atoms with van der Waals surface area (Å²) in [4.78, 5) is 10.7. The SMILES string of the molecule is O=c1c[n+](O)[nH]s1. The van der Waals surface area contributed by atoms with E-state index in [-0.39, 0.29) is 4.74 Å². The van der Waals surface area contributed by atoms with Crippen molar-refractivity contribution in [1.82, 2.24) is 4.49 Å². The highest BCUT2D eigenvalue weighted by Gasteiger charge is 1.95. The van der Waals surface area contributed by atoms with E-state index in [2.05, 4.69) is 4.49 Å². The molecule has 0 spiro atoms. The fraction of sp³-hybridized carbons (Fsp3) is 0. The van der Waals surface area contributed by atoms with E-state index in [9.17, 15) is 4.79 Å². The van der Waals surface area contributed by atoms with Crippen molar-refractivity contribution in [2.24, 2.45) is 0 Å². The monoisotopic (exact) mass is 119 g/mol. The van der Waals surface area contributed by atoms with Crippen LogP contribution in [0.2, 0.25) is 0 Å². The molecule has 0 unspecified atom stereocenters. The molecule has 0 aliphatic carbocycles. The van der Waals surface area contributed by atoms with Gasteiger partial charge in [0.05, 0.1) is 11.5 Å². The van der Waals surface area contributed by atoms with E-state index in [1.54, 1.807) is 0 Å². The van der Waals surface area contributed by atoms with Crippen LogP contribution in [0.1, 0.15) is 0 Å². The van der Waals surface area contributed by atoms with Gasteiger partial charge in [0.1, 0.15) is 4.85 Å². The van der Waals surface area contributed by atoms with Crippen molar-refractivity contribution < 1.29 is 10.1 Å². The van der Waals surface area contributed by atoms with Crippen LogP contribution in [0.25, 0.3) is 0 Å². The van der Waals surface area contributed by atoms with Gasteiger partial charge in [-0.2, -0.15) is 0 Å². The van der Waals surface area contributed by atoms with E-state index < -0.39 is 0 Å². The molecule has 1 heterocycles. The van der Waals surface area contributed by atoms with Gasteiger partial charge in [0, 0.05) is 0 Å². The van der Waals surface area contributed by atoms with Crippen LogP contribution in [-0.4, -0.2) is 9.70 Å². The highest BCUT2D eigenvalue weighted by atomic mass is 32.1. The summed E-state index contributed by atoms with van der Waals surface area (Å²) in [5, 5.41) is 8.32. The highest BCUT2D eigenvalue weighted by molar-refractivity contribution is 7.02. The lowest BCUT2D eigenvalue weighted by molar-refractivity contribution is -0.943. The number of rotatable bonds is 0. The molecule has 1 rings (SSSR count). The van der Waals surface area contributed by atoms with E-state index in [0.717, 1.165) is 17.7 Å². The van der Waals surface area contributed by atoms with Gasteiger partial charge in [-0.25, -0.2) is 0 Å². The molecule has 7 heavy (non-hydrogen) atoms. The Hall–Kier alpha value is -0.840. The Kier molecular flexibility index (Phi) is 0.828. The number of H-pyrrole nitrogens is 1. The lowest BCUT2D eigenvalue weighted by Crippen LogP contribution is -2.30. The van der Waals surface area contributed by atoms with Gasteiger partial charge < -0.3 is 0 Å². The van der Waals surface area contributed by atoms with E-state index in [4.69, 9.17) is 5.21 Å². The Bertz CT molecular complexity index is 201. The van der Waals surface area contributed by atoms with E-state index in [1.165, 1.54) is 0 Å². The molecule has 0 aromatic carbocycles. The maximum atomic E-state index is 10.1. The van der Waals surface area contributed by atoms with Crippen LogP contribution in [0.3, 0.4) is 0 Å². The van der Waals surface area contributed by atoms with Crippen molar-refractivity contribution in [3.05, 3.63) is 15.7 Å². The first-order valence-corrected chi connectivity index (χ1v) is 2.40. The van der Waals surface area contributed by atoms with Crippen LogP contribution in [0.4, 0.5) is 0 Å². The molecule has 4 nitrogen and oxygen atoms in total. The van der Waals surface area contributed by atoms with Crippen LogP contribution in [0.5, 0.6) is 0 Å². The predicted octanol–water partition coefficient (Wildman–Crippen LogP) is -1.04. The van der Waals surface area contributed by atoms with Gasteiger partial charge >= 0.3 is 10.9 Å². The van der Waals surface area contributed by atoms with Crippen molar-refractivity contribution in [2.45, 2.75) is 0 Å². The van der Waals surface area contributed by atoms with Crippen LogP contribution in [-0.2, 0) is 0 Å². The van der Waals surface area contributed by atoms with Crippen LogP contribution in [0, 0.1) is 0 Å². The predicted molar refractivity (Wildman–Crippen MR) is 22.3 cm³/mol. The van der Waals surface area contributed by atoms with Crippen LogP contribution >= 0.6 is 11.5 Å². The molecule has 0 aliphatic heterocycles. The summed E-state index contributed by atoms with van der Waals surface area (Å²) in [5.74, 6) is 0. The second-order valence-corrected chi connectivity index (χ2v) is 1.78. The van der Waals surface area contributed by atoms with Crippen molar-refractivity contribution in [2.75, 3.05) is 0 Å². The van der Waals surface area contributed by atoms with Gasteiger partial charge in [-0.05, 0) is 0 Å². The molecule has 0 fully saturated rings. The lowest BCUT2D eigenvalue weighted by Gasteiger charge is -1.59. The van der Waals surface area contributed by atoms with Crippen molar-refractivity contribution >= 4 is 11.5 Å². The van der Waals surface area contributed by atoms with Crippen LogP contribution < -0.4 is 9.59 Å². The molecule has 0 bridgehead atoms. The van der Waals surface area contributed by atoms with Gasteiger partial charge in [0.25, 0.3) is 0 Å². The molecule has 0 radical (unpaired) electrons. The molecule has 38 valence electrons. The zero-order valence-electron chi connectivity index (χ0n) is 3.29. The van der Waals surface area contributed by atoms with Crippen LogP contribution in [0.15, 0.2) is 11.0 Å².